The minimum Gasteiger partial charge on any atom is -0.371 e. The molecule has 0 atom stereocenters. The van der Waals surface area contributed by atoms with E-state index in [0.29, 0.717) is 13.0 Å². The van der Waals surface area contributed by atoms with Gasteiger partial charge in [-0.15, -0.1) is 0 Å². The zero-order valence-corrected chi connectivity index (χ0v) is 14.2. The number of rotatable bonds is 7. The largest absolute Gasteiger partial charge is 0.371 e. The molecule has 0 saturated heterocycles. The summed E-state index contributed by atoms with van der Waals surface area (Å²) in [6.45, 7) is 2.13. The first-order valence-corrected chi connectivity index (χ1v) is 9.74. The van der Waals surface area contributed by atoms with E-state index >= 15 is 0 Å². The third-order valence-electron chi connectivity index (χ3n) is 4.21. The normalized spacial score (nSPS) is 14.0. The number of hydrogen-bond donors (Lipinski definition) is 1. The summed E-state index contributed by atoms with van der Waals surface area (Å²) in [6.07, 6.45) is 1.75. The van der Waals surface area contributed by atoms with Gasteiger partial charge in [-0.05, 0) is 30.5 Å². The lowest BCUT2D eigenvalue weighted by atomic mass is 10.2. The Hall–Kier alpha value is -1.92. The van der Waals surface area contributed by atoms with Gasteiger partial charge in [-0.1, -0.05) is 36.4 Å². The average Bonchev–Trinajstić information content (AvgIpc) is 2.97. The summed E-state index contributed by atoms with van der Waals surface area (Å²) in [5, 5.41) is 0. The number of anilines is 1. The van der Waals surface area contributed by atoms with Crippen molar-refractivity contribution in [1.82, 2.24) is 4.72 Å². The standard InChI is InChI=1S/C18H21FN2O2S/c19-17-8-3-1-7-16(17)14-24(22,23)20-11-5-12-21-13-10-15-6-2-4-9-18(15)21/h1-4,6-9,20H,5,10-14H2. The van der Waals surface area contributed by atoms with E-state index in [9.17, 15) is 12.8 Å². The van der Waals surface area contributed by atoms with Gasteiger partial charge in [0.2, 0.25) is 10.0 Å². The SMILES string of the molecule is O=S(=O)(Cc1ccccc1F)NCCCN1CCc2ccccc21. The average molecular weight is 348 g/mol. The van der Waals surface area contributed by atoms with Gasteiger partial charge in [-0.2, -0.15) is 0 Å². The Morgan fingerprint density at radius 3 is 2.67 bits per heavy atom. The molecule has 6 heteroatoms. The topological polar surface area (TPSA) is 49.4 Å². The van der Waals surface area contributed by atoms with Gasteiger partial charge in [-0.25, -0.2) is 17.5 Å². The summed E-state index contributed by atoms with van der Waals surface area (Å²) < 4.78 is 40.2. The van der Waals surface area contributed by atoms with Crippen molar-refractivity contribution < 1.29 is 12.8 Å². The zero-order valence-electron chi connectivity index (χ0n) is 13.4. The Balaban J connectivity index is 1.47. The summed E-state index contributed by atoms with van der Waals surface area (Å²) in [6, 6.07) is 14.3. The molecule has 128 valence electrons. The number of nitrogens with one attached hydrogen (secondary N) is 1. The molecule has 24 heavy (non-hydrogen) atoms. The van der Waals surface area contributed by atoms with Crippen LogP contribution in [-0.2, 0) is 22.2 Å². The van der Waals surface area contributed by atoms with Crippen molar-refractivity contribution in [2.45, 2.75) is 18.6 Å². The molecule has 1 aliphatic rings. The van der Waals surface area contributed by atoms with Gasteiger partial charge in [-0.3, -0.25) is 0 Å². The van der Waals surface area contributed by atoms with Crippen LogP contribution in [0.4, 0.5) is 10.1 Å². The molecule has 0 amide bonds. The third-order valence-corrected chi connectivity index (χ3v) is 5.55. The number of para-hydroxylation sites is 1. The van der Waals surface area contributed by atoms with E-state index in [1.807, 2.05) is 12.1 Å². The zero-order chi connectivity index (χ0) is 17.0. The van der Waals surface area contributed by atoms with E-state index in [2.05, 4.69) is 21.8 Å². The highest BCUT2D eigenvalue weighted by molar-refractivity contribution is 7.88. The van der Waals surface area contributed by atoms with Crippen LogP contribution in [0.1, 0.15) is 17.5 Å². The van der Waals surface area contributed by atoms with Crippen molar-refractivity contribution in [3.05, 3.63) is 65.5 Å². The van der Waals surface area contributed by atoms with E-state index in [1.54, 1.807) is 12.1 Å². The molecule has 2 aromatic carbocycles. The predicted octanol–water partition coefficient (Wildman–Crippen LogP) is 2.70. The number of fused-ring (bicyclic) bond motifs is 1. The van der Waals surface area contributed by atoms with Gasteiger partial charge >= 0.3 is 0 Å². The second-order valence-corrected chi connectivity index (χ2v) is 7.77. The maximum absolute atomic E-state index is 13.6. The Morgan fingerprint density at radius 2 is 1.83 bits per heavy atom. The lowest BCUT2D eigenvalue weighted by Crippen LogP contribution is -2.30. The Kier molecular flexibility index (Phi) is 5.16. The van der Waals surface area contributed by atoms with Crippen molar-refractivity contribution in [2.75, 3.05) is 24.5 Å². The molecule has 3 rings (SSSR count). The minimum absolute atomic E-state index is 0.193. The molecule has 0 spiro atoms. The van der Waals surface area contributed by atoms with Crippen LogP contribution < -0.4 is 9.62 Å². The van der Waals surface area contributed by atoms with Gasteiger partial charge in [0.1, 0.15) is 5.82 Å². The maximum Gasteiger partial charge on any atom is 0.215 e. The molecule has 0 aromatic heterocycles. The molecule has 2 aromatic rings. The quantitative estimate of drug-likeness (QED) is 0.783. The fourth-order valence-electron chi connectivity index (χ4n) is 3.01. The molecule has 4 nitrogen and oxygen atoms in total. The van der Waals surface area contributed by atoms with E-state index < -0.39 is 15.8 Å². The third kappa shape index (κ3) is 4.13. The first kappa shape index (κ1) is 16.9. The molecular weight excluding hydrogens is 327 g/mol. The highest BCUT2D eigenvalue weighted by Crippen LogP contribution is 2.27. The van der Waals surface area contributed by atoms with E-state index in [1.165, 1.54) is 23.4 Å². The lowest BCUT2D eigenvalue weighted by molar-refractivity contribution is 0.572. The van der Waals surface area contributed by atoms with Crippen molar-refractivity contribution in [1.29, 1.82) is 0 Å². The highest BCUT2D eigenvalue weighted by Gasteiger charge is 2.18. The van der Waals surface area contributed by atoms with Gasteiger partial charge in [0.15, 0.2) is 0 Å². The van der Waals surface area contributed by atoms with Crippen molar-refractivity contribution in [3.63, 3.8) is 0 Å². The minimum atomic E-state index is -3.52. The van der Waals surface area contributed by atoms with Crippen molar-refractivity contribution in [3.8, 4) is 0 Å². The van der Waals surface area contributed by atoms with Gasteiger partial charge < -0.3 is 4.90 Å². The fraction of sp³-hybridized carbons (Fsp3) is 0.333. The fourth-order valence-corrected chi connectivity index (χ4v) is 4.21. The molecule has 0 saturated carbocycles. The second-order valence-electron chi connectivity index (χ2n) is 5.96. The summed E-state index contributed by atoms with van der Waals surface area (Å²) in [5.74, 6) is -0.816. The van der Waals surface area contributed by atoms with Crippen LogP contribution in [0.25, 0.3) is 0 Å². The Labute approximate surface area is 142 Å². The van der Waals surface area contributed by atoms with Gasteiger partial charge in [0.25, 0.3) is 0 Å². The van der Waals surface area contributed by atoms with E-state index in [0.717, 1.165) is 19.5 Å². The molecular formula is C18H21FN2O2S. The van der Waals surface area contributed by atoms with Crippen LogP contribution in [-0.4, -0.2) is 28.1 Å². The van der Waals surface area contributed by atoms with Crippen LogP contribution in [0.3, 0.4) is 0 Å². The van der Waals surface area contributed by atoms with Crippen LogP contribution in [0.15, 0.2) is 48.5 Å². The summed E-state index contributed by atoms with van der Waals surface area (Å²) in [5.41, 5.74) is 2.78. The van der Waals surface area contributed by atoms with Crippen molar-refractivity contribution in [2.24, 2.45) is 0 Å². The first-order chi connectivity index (χ1) is 11.6. The number of benzene rings is 2. The second kappa shape index (κ2) is 7.32. The molecule has 0 aliphatic carbocycles. The number of sulfonamides is 1. The van der Waals surface area contributed by atoms with E-state index in [4.69, 9.17) is 0 Å². The van der Waals surface area contributed by atoms with Crippen LogP contribution in [0.5, 0.6) is 0 Å². The Bertz CT molecular complexity index is 808. The molecule has 0 unspecified atom stereocenters. The molecule has 1 aliphatic heterocycles. The number of nitrogens with zero attached hydrogens (tertiary/aromatic N) is 1. The number of hydrogen-bond acceptors (Lipinski definition) is 3. The number of halogens is 1. The highest BCUT2D eigenvalue weighted by atomic mass is 32.2. The van der Waals surface area contributed by atoms with Crippen LogP contribution >= 0.6 is 0 Å². The molecule has 0 bridgehead atoms. The summed E-state index contributed by atoms with van der Waals surface area (Å²) in [7, 11) is -3.52. The van der Waals surface area contributed by atoms with Crippen molar-refractivity contribution >= 4 is 15.7 Å². The molecule has 1 heterocycles. The smallest absolute Gasteiger partial charge is 0.215 e. The lowest BCUT2D eigenvalue weighted by Gasteiger charge is -2.19. The molecule has 0 fully saturated rings. The van der Waals surface area contributed by atoms with E-state index in [-0.39, 0.29) is 11.3 Å². The molecule has 0 radical (unpaired) electrons. The van der Waals surface area contributed by atoms with Gasteiger partial charge in [0, 0.05) is 30.9 Å². The van der Waals surface area contributed by atoms with Crippen LogP contribution in [0, 0.1) is 5.82 Å². The maximum atomic E-state index is 13.6. The summed E-state index contributed by atoms with van der Waals surface area (Å²) in [4.78, 5) is 2.28. The molecule has 1 N–H and O–H groups in total. The summed E-state index contributed by atoms with van der Waals surface area (Å²) >= 11 is 0. The van der Waals surface area contributed by atoms with Crippen LogP contribution in [0.2, 0.25) is 0 Å². The first-order valence-electron chi connectivity index (χ1n) is 8.09. The predicted molar refractivity (Wildman–Crippen MR) is 94.0 cm³/mol. The van der Waals surface area contributed by atoms with Gasteiger partial charge in [0.05, 0.1) is 5.75 Å². The Morgan fingerprint density at radius 1 is 1.08 bits per heavy atom. The monoisotopic (exact) mass is 348 g/mol.